The maximum absolute atomic E-state index is 12.6. The third-order valence-corrected chi connectivity index (χ3v) is 2.46. The highest BCUT2D eigenvalue weighted by atomic mass is 19.4. The Bertz CT molecular complexity index is 356. The normalized spacial score (nSPS) is 13.9. The number of hydrogen-bond donors (Lipinski definition) is 1. The van der Waals surface area contributed by atoms with Crippen LogP contribution in [-0.2, 0) is 12.6 Å². The van der Waals surface area contributed by atoms with Gasteiger partial charge in [0.05, 0.1) is 11.7 Å². The standard InChI is InChI=1S/C12H15F3O/c1-8-3-5-10(6-4-9(2)16)7-11(8)12(13,14)15/h3,5,7,9,16H,4,6H2,1-2H3/t9-/m1/s1. The summed E-state index contributed by atoms with van der Waals surface area (Å²) in [6.07, 6.45) is -3.86. The van der Waals surface area contributed by atoms with Crippen LogP contribution in [0.3, 0.4) is 0 Å². The van der Waals surface area contributed by atoms with Crippen LogP contribution in [-0.4, -0.2) is 11.2 Å². The molecule has 1 aromatic carbocycles. The molecule has 0 spiro atoms. The van der Waals surface area contributed by atoms with Gasteiger partial charge >= 0.3 is 6.18 Å². The molecule has 0 fully saturated rings. The largest absolute Gasteiger partial charge is 0.416 e. The number of alkyl halides is 3. The van der Waals surface area contributed by atoms with Gasteiger partial charge in [-0.3, -0.25) is 0 Å². The van der Waals surface area contributed by atoms with E-state index in [1.165, 1.54) is 13.0 Å². The van der Waals surface area contributed by atoms with Crippen molar-refractivity contribution < 1.29 is 18.3 Å². The van der Waals surface area contributed by atoms with Crippen LogP contribution in [0.25, 0.3) is 0 Å². The number of halogens is 3. The lowest BCUT2D eigenvalue weighted by Gasteiger charge is -2.12. The van der Waals surface area contributed by atoms with Crippen LogP contribution in [0.15, 0.2) is 18.2 Å². The van der Waals surface area contributed by atoms with Gasteiger partial charge in [0.25, 0.3) is 0 Å². The van der Waals surface area contributed by atoms with Gasteiger partial charge in [-0.1, -0.05) is 12.1 Å². The van der Waals surface area contributed by atoms with Crippen LogP contribution in [0.2, 0.25) is 0 Å². The Morgan fingerprint density at radius 3 is 2.44 bits per heavy atom. The first-order valence-corrected chi connectivity index (χ1v) is 5.15. The van der Waals surface area contributed by atoms with Crippen molar-refractivity contribution in [2.75, 3.05) is 0 Å². The molecule has 0 radical (unpaired) electrons. The van der Waals surface area contributed by atoms with Crippen molar-refractivity contribution in [3.8, 4) is 0 Å². The molecule has 0 heterocycles. The Morgan fingerprint density at radius 2 is 1.94 bits per heavy atom. The number of benzene rings is 1. The van der Waals surface area contributed by atoms with E-state index in [0.29, 0.717) is 18.4 Å². The second-order valence-corrected chi connectivity index (χ2v) is 4.03. The average Bonchev–Trinajstić information content (AvgIpc) is 2.14. The number of rotatable bonds is 3. The molecule has 0 unspecified atom stereocenters. The van der Waals surface area contributed by atoms with E-state index in [9.17, 15) is 13.2 Å². The van der Waals surface area contributed by atoms with Crippen LogP contribution >= 0.6 is 0 Å². The van der Waals surface area contributed by atoms with Gasteiger partial charge in [0.15, 0.2) is 0 Å². The highest BCUT2D eigenvalue weighted by molar-refractivity contribution is 5.33. The molecular formula is C12H15F3O. The molecule has 4 heteroatoms. The second-order valence-electron chi connectivity index (χ2n) is 4.03. The predicted molar refractivity (Wildman–Crippen MR) is 56.2 cm³/mol. The van der Waals surface area contributed by atoms with E-state index in [1.54, 1.807) is 13.0 Å². The van der Waals surface area contributed by atoms with E-state index in [0.717, 1.165) is 6.07 Å². The molecule has 16 heavy (non-hydrogen) atoms. The Balaban J connectivity index is 2.90. The smallest absolute Gasteiger partial charge is 0.393 e. The molecule has 1 N–H and O–H groups in total. The summed E-state index contributed by atoms with van der Waals surface area (Å²) in [5, 5.41) is 9.08. The summed E-state index contributed by atoms with van der Waals surface area (Å²) in [5.41, 5.74) is 0.253. The van der Waals surface area contributed by atoms with Crippen molar-refractivity contribution in [3.05, 3.63) is 34.9 Å². The summed E-state index contributed by atoms with van der Waals surface area (Å²) in [7, 11) is 0. The summed E-state index contributed by atoms with van der Waals surface area (Å²) in [6, 6.07) is 4.31. The first-order chi connectivity index (χ1) is 7.30. The minimum atomic E-state index is -4.30. The van der Waals surface area contributed by atoms with Gasteiger partial charge in [-0.25, -0.2) is 0 Å². The minimum Gasteiger partial charge on any atom is -0.393 e. The Labute approximate surface area is 92.9 Å². The number of aryl methyl sites for hydroxylation is 2. The van der Waals surface area contributed by atoms with Crippen molar-refractivity contribution >= 4 is 0 Å². The monoisotopic (exact) mass is 232 g/mol. The van der Waals surface area contributed by atoms with E-state index in [1.807, 2.05) is 0 Å². The summed E-state index contributed by atoms with van der Waals surface area (Å²) < 4.78 is 37.7. The van der Waals surface area contributed by atoms with Crippen LogP contribution in [0.1, 0.15) is 30.0 Å². The molecule has 0 saturated carbocycles. The van der Waals surface area contributed by atoms with E-state index < -0.39 is 17.8 Å². The Kier molecular flexibility index (Phi) is 3.97. The van der Waals surface area contributed by atoms with Gasteiger partial charge in [-0.05, 0) is 43.9 Å². The van der Waals surface area contributed by atoms with Gasteiger partial charge in [0.2, 0.25) is 0 Å². The summed E-state index contributed by atoms with van der Waals surface area (Å²) in [5.74, 6) is 0. The molecule has 90 valence electrons. The van der Waals surface area contributed by atoms with Gasteiger partial charge in [-0.2, -0.15) is 13.2 Å². The third kappa shape index (κ3) is 3.52. The highest BCUT2D eigenvalue weighted by Crippen LogP contribution is 2.32. The zero-order valence-corrected chi connectivity index (χ0v) is 9.30. The van der Waals surface area contributed by atoms with Crippen LogP contribution < -0.4 is 0 Å². The van der Waals surface area contributed by atoms with Gasteiger partial charge in [0, 0.05) is 0 Å². The van der Waals surface area contributed by atoms with E-state index in [4.69, 9.17) is 5.11 Å². The molecule has 0 amide bonds. The fraction of sp³-hybridized carbons (Fsp3) is 0.500. The zero-order valence-electron chi connectivity index (χ0n) is 9.30. The highest BCUT2D eigenvalue weighted by Gasteiger charge is 2.32. The van der Waals surface area contributed by atoms with Crippen LogP contribution in [0.5, 0.6) is 0 Å². The van der Waals surface area contributed by atoms with Gasteiger partial charge in [0.1, 0.15) is 0 Å². The number of aliphatic hydroxyl groups excluding tert-OH is 1. The lowest BCUT2D eigenvalue weighted by atomic mass is 10.0. The molecule has 1 nitrogen and oxygen atoms in total. The summed E-state index contributed by atoms with van der Waals surface area (Å²) in [6.45, 7) is 3.07. The summed E-state index contributed by atoms with van der Waals surface area (Å²) in [4.78, 5) is 0. The van der Waals surface area contributed by atoms with E-state index in [2.05, 4.69) is 0 Å². The van der Waals surface area contributed by atoms with Crippen molar-refractivity contribution in [1.82, 2.24) is 0 Å². The lowest BCUT2D eigenvalue weighted by molar-refractivity contribution is -0.138. The molecular weight excluding hydrogens is 217 g/mol. The number of aliphatic hydroxyl groups is 1. The summed E-state index contributed by atoms with van der Waals surface area (Å²) >= 11 is 0. The Hall–Kier alpha value is -1.03. The maximum Gasteiger partial charge on any atom is 0.416 e. The first kappa shape index (κ1) is 13.0. The van der Waals surface area contributed by atoms with Crippen LogP contribution in [0, 0.1) is 6.92 Å². The topological polar surface area (TPSA) is 20.2 Å². The van der Waals surface area contributed by atoms with E-state index in [-0.39, 0.29) is 5.56 Å². The second kappa shape index (κ2) is 4.87. The molecule has 0 saturated heterocycles. The van der Waals surface area contributed by atoms with Crippen molar-refractivity contribution in [2.24, 2.45) is 0 Å². The molecule has 0 aliphatic heterocycles. The SMILES string of the molecule is Cc1ccc(CC[C@@H](C)O)cc1C(F)(F)F. The first-order valence-electron chi connectivity index (χ1n) is 5.15. The quantitative estimate of drug-likeness (QED) is 0.847. The van der Waals surface area contributed by atoms with Crippen molar-refractivity contribution in [1.29, 1.82) is 0 Å². The van der Waals surface area contributed by atoms with Crippen LogP contribution in [0.4, 0.5) is 13.2 Å². The van der Waals surface area contributed by atoms with Gasteiger partial charge < -0.3 is 5.11 Å². The fourth-order valence-electron chi connectivity index (χ4n) is 1.51. The maximum atomic E-state index is 12.6. The molecule has 1 aromatic rings. The molecule has 0 bridgehead atoms. The lowest BCUT2D eigenvalue weighted by Crippen LogP contribution is -2.09. The van der Waals surface area contributed by atoms with Crippen molar-refractivity contribution in [3.63, 3.8) is 0 Å². The molecule has 1 atom stereocenters. The molecule has 0 aliphatic rings. The predicted octanol–water partition coefficient (Wildman–Crippen LogP) is 3.33. The third-order valence-electron chi connectivity index (χ3n) is 2.46. The zero-order chi connectivity index (χ0) is 12.3. The Morgan fingerprint density at radius 1 is 1.31 bits per heavy atom. The minimum absolute atomic E-state index is 0.230. The fourth-order valence-corrected chi connectivity index (χ4v) is 1.51. The van der Waals surface area contributed by atoms with Gasteiger partial charge in [-0.15, -0.1) is 0 Å². The van der Waals surface area contributed by atoms with E-state index >= 15 is 0 Å². The van der Waals surface area contributed by atoms with Crippen molar-refractivity contribution in [2.45, 2.75) is 39.0 Å². The molecule has 1 rings (SSSR count). The number of hydrogen-bond acceptors (Lipinski definition) is 1. The molecule has 0 aromatic heterocycles. The average molecular weight is 232 g/mol. The molecule has 0 aliphatic carbocycles.